The van der Waals surface area contributed by atoms with E-state index in [4.69, 9.17) is 0 Å². The van der Waals surface area contributed by atoms with E-state index in [1.165, 1.54) is 46.5 Å². The van der Waals surface area contributed by atoms with Crippen LogP contribution in [0.25, 0.3) is 20.8 Å². The summed E-state index contributed by atoms with van der Waals surface area (Å²) >= 11 is 4.41. The first-order chi connectivity index (χ1) is 9.83. The first-order valence-electron chi connectivity index (χ1n) is 7.12. The van der Waals surface area contributed by atoms with E-state index >= 15 is 0 Å². The molecule has 20 heavy (non-hydrogen) atoms. The van der Waals surface area contributed by atoms with Crippen LogP contribution < -0.4 is 0 Å². The maximum absolute atomic E-state index is 3.88. The zero-order valence-electron chi connectivity index (χ0n) is 11.2. The van der Waals surface area contributed by atoms with Gasteiger partial charge in [0.05, 0.1) is 0 Å². The zero-order valence-corrected chi connectivity index (χ0v) is 14.5. The average molecular weight is 390 g/mol. The molecule has 0 radical (unpaired) electrons. The van der Waals surface area contributed by atoms with Crippen LogP contribution in [-0.2, 0) is 12.8 Å². The van der Waals surface area contributed by atoms with Crippen molar-refractivity contribution in [3.8, 4) is 10.0 Å². The third kappa shape index (κ3) is 2.11. The Labute approximate surface area is 133 Å². The third-order valence-electron chi connectivity index (χ3n) is 4.12. The van der Waals surface area contributed by atoms with Crippen LogP contribution in [0, 0.1) is 0 Å². The fourth-order valence-corrected chi connectivity index (χ4v) is 7.11. The van der Waals surface area contributed by atoms with Crippen molar-refractivity contribution in [1.82, 2.24) is 0 Å². The number of benzene rings is 2. The molecule has 0 spiro atoms. The van der Waals surface area contributed by atoms with Crippen LogP contribution in [-0.4, -0.2) is 14.5 Å². The molecule has 2 heteroatoms. The van der Waals surface area contributed by atoms with Gasteiger partial charge in [-0.15, -0.1) is 0 Å². The zero-order chi connectivity index (χ0) is 13.5. The minimum atomic E-state index is 0.525. The first kappa shape index (κ1) is 12.9. The number of hydrogen-bond acceptors (Lipinski definition) is 0. The molecular weight excluding hydrogens is 375 g/mol. The summed E-state index contributed by atoms with van der Waals surface area (Å²) in [6.45, 7) is 0. The van der Waals surface area contributed by atoms with Gasteiger partial charge in [0.25, 0.3) is 0 Å². The predicted molar refractivity (Wildman–Crippen MR) is 90.7 cm³/mol. The third-order valence-corrected chi connectivity index (χ3v) is 8.40. The Morgan fingerprint density at radius 2 is 1.70 bits per heavy atom. The van der Waals surface area contributed by atoms with Crippen LogP contribution in [0.4, 0.5) is 0 Å². The van der Waals surface area contributed by atoms with Crippen molar-refractivity contribution >= 4 is 41.2 Å². The summed E-state index contributed by atoms with van der Waals surface area (Å²) in [4.78, 5) is 0. The van der Waals surface area contributed by atoms with Crippen LogP contribution in [0.2, 0.25) is 0 Å². The van der Waals surface area contributed by atoms with Crippen LogP contribution in [0.5, 0.6) is 0 Å². The molecule has 1 aliphatic carbocycles. The Morgan fingerprint density at radius 1 is 0.900 bits per heavy atom. The molecule has 0 atom stereocenters. The second kappa shape index (κ2) is 5.18. The number of aryl methyl sites for hydroxylation is 1. The van der Waals surface area contributed by atoms with E-state index in [1.54, 1.807) is 14.4 Å². The van der Waals surface area contributed by atoms with Crippen molar-refractivity contribution in [2.45, 2.75) is 25.7 Å². The molecule has 1 heterocycles. The molecule has 0 amide bonds. The number of fused-ring (bicyclic) bond motifs is 2. The SMILES string of the molecule is Brc1c(-c2ccc3ccccc3c2)[se]c2c1CCCC2. The van der Waals surface area contributed by atoms with E-state index in [0.717, 1.165) is 0 Å². The van der Waals surface area contributed by atoms with Gasteiger partial charge in [-0.2, -0.15) is 0 Å². The Kier molecular flexibility index (Phi) is 3.34. The number of hydrogen-bond donors (Lipinski definition) is 0. The Morgan fingerprint density at radius 3 is 2.55 bits per heavy atom. The van der Waals surface area contributed by atoms with Gasteiger partial charge < -0.3 is 0 Å². The van der Waals surface area contributed by atoms with Gasteiger partial charge >= 0.3 is 134 Å². The van der Waals surface area contributed by atoms with Gasteiger partial charge in [0, 0.05) is 0 Å². The van der Waals surface area contributed by atoms with E-state index in [-0.39, 0.29) is 0 Å². The maximum atomic E-state index is 3.88. The van der Waals surface area contributed by atoms with Crippen LogP contribution in [0.15, 0.2) is 46.9 Å². The molecule has 0 aliphatic heterocycles. The molecule has 1 aromatic heterocycles. The van der Waals surface area contributed by atoms with Gasteiger partial charge in [-0.3, -0.25) is 0 Å². The Balaban J connectivity index is 1.88. The van der Waals surface area contributed by atoms with E-state index in [9.17, 15) is 0 Å². The molecule has 1 aliphatic rings. The minimum absolute atomic E-state index is 0.525. The topological polar surface area (TPSA) is 0 Å². The normalized spacial score (nSPS) is 14.4. The summed E-state index contributed by atoms with van der Waals surface area (Å²) in [5.74, 6) is 0. The summed E-state index contributed by atoms with van der Waals surface area (Å²) in [6.07, 6.45) is 5.33. The Bertz CT molecular complexity index is 785. The monoisotopic (exact) mass is 390 g/mol. The van der Waals surface area contributed by atoms with Crippen molar-refractivity contribution in [2.75, 3.05) is 0 Å². The molecule has 0 saturated heterocycles. The molecule has 2 aromatic carbocycles. The number of halogens is 1. The van der Waals surface area contributed by atoms with Gasteiger partial charge in [-0.05, 0) is 0 Å². The summed E-state index contributed by atoms with van der Waals surface area (Å²) in [7, 11) is 0. The van der Waals surface area contributed by atoms with Crippen molar-refractivity contribution < 1.29 is 0 Å². The van der Waals surface area contributed by atoms with Crippen LogP contribution in [0.1, 0.15) is 22.8 Å². The standard InChI is InChI=1S/C18H15BrSe/c19-17-15-7-3-4-8-16(15)20-18(17)14-10-9-12-5-1-2-6-13(12)11-14/h1-2,5-6,9-11H,3-4,7-8H2. The van der Waals surface area contributed by atoms with Crippen molar-refractivity contribution in [3.63, 3.8) is 0 Å². The molecule has 0 N–H and O–H groups in total. The van der Waals surface area contributed by atoms with E-state index < -0.39 is 0 Å². The summed E-state index contributed by atoms with van der Waals surface area (Å²) in [5, 5.41) is 2.68. The molecule has 0 nitrogen and oxygen atoms in total. The molecule has 4 rings (SSSR count). The van der Waals surface area contributed by atoms with Gasteiger partial charge in [0.2, 0.25) is 0 Å². The second-order valence-electron chi connectivity index (χ2n) is 5.42. The van der Waals surface area contributed by atoms with Gasteiger partial charge in [-0.25, -0.2) is 0 Å². The second-order valence-corrected chi connectivity index (χ2v) is 8.53. The Hall–Kier alpha value is -0.821. The number of rotatable bonds is 1. The first-order valence-corrected chi connectivity index (χ1v) is 9.63. The molecule has 0 unspecified atom stereocenters. The van der Waals surface area contributed by atoms with Gasteiger partial charge in [0.1, 0.15) is 0 Å². The van der Waals surface area contributed by atoms with E-state index in [0.29, 0.717) is 14.5 Å². The fraction of sp³-hybridized carbons (Fsp3) is 0.222. The summed E-state index contributed by atoms with van der Waals surface area (Å²) < 4.78 is 4.69. The average Bonchev–Trinajstić information content (AvgIpc) is 2.84. The van der Waals surface area contributed by atoms with Crippen molar-refractivity contribution in [2.24, 2.45) is 0 Å². The summed E-state index contributed by atoms with van der Waals surface area (Å²) in [5.41, 5.74) is 3.03. The molecule has 0 bridgehead atoms. The van der Waals surface area contributed by atoms with Crippen LogP contribution >= 0.6 is 15.9 Å². The van der Waals surface area contributed by atoms with Crippen molar-refractivity contribution in [1.29, 1.82) is 0 Å². The molecule has 0 fully saturated rings. The molecule has 3 aromatic rings. The predicted octanol–water partition coefficient (Wildman–Crippen LogP) is 5.21. The summed E-state index contributed by atoms with van der Waals surface area (Å²) in [6, 6.07) is 15.5. The molecule has 100 valence electrons. The van der Waals surface area contributed by atoms with E-state index in [2.05, 4.69) is 58.4 Å². The molecule has 0 saturated carbocycles. The quantitative estimate of drug-likeness (QED) is 0.501. The van der Waals surface area contributed by atoms with Gasteiger partial charge in [-0.1, -0.05) is 0 Å². The molecular formula is C18H15BrSe. The van der Waals surface area contributed by atoms with Crippen molar-refractivity contribution in [3.05, 3.63) is 56.9 Å². The van der Waals surface area contributed by atoms with E-state index in [1.807, 2.05) is 0 Å². The van der Waals surface area contributed by atoms with Gasteiger partial charge in [0.15, 0.2) is 0 Å². The van der Waals surface area contributed by atoms with Crippen LogP contribution in [0.3, 0.4) is 0 Å². The fourth-order valence-electron chi connectivity index (χ4n) is 3.04.